The summed E-state index contributed by atoms with van der Waals surface area (Å²) in [5, 5.41) is 10.7. The molecule has 0 amide bonds. The van der Waals surface area contributed by atoms with Crippen molar-refractivity contribution in [1.29, 1.82) is 0 Å². The van der Waals surface area contributed by atoms with Crippen LogP contribution in [0.2, 0.25) is 4.47 Å². The number of rotatable bonds is 5. The fourth-order valence-electron chi connectivity index (χ4n) is 1.39. The largest absolute Gasteiger partial charge is 0.493 e. The van der Waals surface area contributed by atoms with Gasteiger partial charge in [-0.2, -0.15) is 0 Å². The minimum atomic E-state index is -0.490. The average molecular weight is 301 g/mol. The minimum Gasteiger partial charge on any atom is -0.493 e. The van der Waals surface area contributed by atoms with Crippen LogP contribution in [0.4, 0.5) is 5.69 Å². The zero-order valence-corrected chi connectivity index (χ0v) is 11.4. The summed E-state index contributed by atoms with van der Waals surface area (Å²) in [7, 11) is 1.47. The van der Waals surface area contributed by atoms with Gasteiger partial charge in [-0.05, 0) is 6.07 Å². The number of ether oxygens (including phenoxy) is 2. The van der Waals surface area contributed by atoms with Crippen LogP contribution in [0.15, 0.2) is 24.4 Å². The van der Waals surface area contributed by atoms with Crippen LogP contribution < -0.4 is 9.47 Å². The van der Waals surface area contributed by atoms with Gasteiger partial charge >= 0.3 is 0 Å². The molecular formula is C11H9ClN2O4S. The maximum Gasteiger partial charge on any atom is 0.273 e. The van der Waals surface area contributed by atoms with Crippen molar-refractivity contribution in [3.05, 3.63) is 43.9 Å². The molecule has 0 N–H and O–H groups in total. The number of nitro groups is 1. The number of methoxy groups -OCH3 is 1. The molecule has 0 spiro atoms. The second kappa shape index (κ2) is 5.85. The van der Waals surface area contributed by atoms with E-state index in [1.807, 2.05) is 0 Å². The number of halogens is 1. The SMILES string of the molecule is COc1ccc([N+](=O)[O-])cc1OCc1cnc(Cl)s1. The van der Waals surface area contributed by atoms with Crippen LogP contribution in [0.5, 0.6) is 11.5 Å². The molecule has 0 saturated carbocycles. The van der Waals surface area contributed by atoms with Gasteiger partial charge in [-0.15, -0.1) is 11.3 Å². The summed E-state index contributed by atoms with van der Waals surface area (Å²) in [4.78, 5) is 14.9. The van der Waals surface area contributed by atoms with Gasteiger partial charge in [-0.3, -0.25) is 10.1 Å². The first-order chi connectivity index (χ1) is 9.10. The summed E-state index contributed by atoms with van der Waals surface area (Å²) in [6.07, 6.45) is 1.59. The summed E-state index contributed by atoms with van der Waals surface area (Å²) in [6.45, 7) is 0.224. The van der Waals surface area contributed by atoms with Crippen molar-refractivity contribution >= 4 is 28.6 Å². The summed E-state index contributed by atoms with van der Waals surface area (Å²) >= 11 is 6.99. The molecule has 2 rings (SSSR count). The molecule has 100 valence electrons. The zero-order chi connectivity index (χ0) is 13.8. The normalized spacial score (nSPS) is 10.2. The molecule has 0 aliphatic carbocycles. The van der Waals surface area contributed by atoms with Gasteiger partial charge in [0.2, 0.25) is 0 Å². The van der Waals surface area contributed by atoms with Gasteiger partial charge in [-0.1, -0.05) is 11.6 Å². The van der Waals surface area contributed by atoms with E-state index in [1.54, 1.807) is 6.20 Å². The number of hydrogen-bond acceptors (Lipinski definition) is 6. The second-order valence-electron chi connectivity index (χ2n) is 3.46. The maximum absolute atomic E-state index is 10.7. The molecule has 0 unspecified atom stereocenters. The highest BCUT2D eigenvalue weighted by Crippen LogP contribution is 2.32. The van der Waals surface area contributed by atoms with Crippen LogP contribution >= 0.6 is 22.9 Å². The third-order valence-corrected chi connectivity index (χ3v) is 3.34. The summed E-state index contributed by atoms with van der Waals surface area (Å²) in [5.74, 6) is 0.738. The number of hydrogen-bond donors (Lipinski definition) is 0. The fraction of sp³-hybridized carbons (Fsp3) is 0.182. The van der Waals surface area contributed by atoms with Gasteiger partial charge in [0, 0.05) is 12.3 Å². The molecule has 1 aromatic carbocycles. The lowest BCUT2D eigenvalue weighted by Crippen LogP contribution is -1.97. The van der Waals surface area contributed by atoms with E-state index >= 15 is 0 Å². The van der Waals surface area contributed by atoms with E-state index in [1.165, 1.54) is 36.6 Å². The molecule has 1 heterocycles. The molecule has 0 bridgehead atoms. The Labute approximate surface area is 117 Å². The van der Waals surface area contributed by atoms with Crippen molar-refractivity contribution in [2.75, 3.05) is 7.11 Å². The summed E-state index contributed by atoms with van der Waals surface area (Å²) < 4.78 is 11.0. The van der Waals surface area contributed by atoms with Crippen molar-refractivity contribution in [3.63, 3.8) is 0 Å². The first-order valence-electron chi connectivity index (χ1n) is 5.15. The van der Waals surface area contributed by atoms with Crippen LogP contribution in [0, 0.1) is 10.1 Å². The monoisotopic (exact) mass is 300 g/mol. The molecule has 8 heteroatoms. The van der Waals surface area contributed by atoms with Crippen molar-refractivity contribution < 1.29 is 14.4 Å². The van der Waals surface area contributed by atoms with Gasteiger partial charge in [0.15, 0.2) is 16.0 Å². The average Bonchev–Trinajstić information content (AvgIpc) is 2.81. The number of benzene rings is 1. The van der Waals surface area contributed by atoms with Crippen LogP contribution in [0.1, 0.15) is 4.88 Å². The molecule has 6 nitrogen and oxygen atoms in total. The highest BCUT2D eigenvalue weighted by Gasteiger charge is 2.13. The van der Waals surface area contributed by atoms with Gasteiger partial charge in [-0.25, -0.2) is 4.98 Å². The van der Waals surface area contributed by atoms with E-state index in [0.717, 1.165) is 4.88 Å². The van der Waals surface area contributed by atoms with Crippen molar-refractivity contribution in [2.24, 2.45) is 0 Å². The van der Waals surface area contributed by atoms with E-state index in [2.05, 4.69) is 4.98 Å². The van der Waals surface area contributed by atoms with Gasteiger partial charge < -0.3 is 9.47 Å². The van der Waals surface area contributed by atoms with Crippen LogP contribution in [-0.4, -0.2) is 17.0 Å². The lowest BCUT2D eigenvalue weighted by atomic mass is 10.3. The Morgan fingerprint density at radius 1 is 1.47 bits per heavy atom. The Morgan fingerprint density at radius 2 is 2.26 bits per heavy atom. The maximum atomic E-state index is 10.7. The highest BCUT2D eigenvalue weighted by atomic mass is 35.5. The Morgan fingerprint density at radius 3 is 2.84 bits per heavy atom. The Bertz CT molecular complexity index is 602. The zero-order valence-electron chi connectivity index (χ0n) is 9.83. The molecular weight excluding hydrogens is 292 g/mol. The molecule has 0 aliphatic heterocycles. The Balaban J connectivity index is 2.17. The summed E-state index contributed by atoms with van der Waals surface area (Å²) in [5.41, 5.74) is -0.0573. The first-order valence-corrected chi connectivity index (χ1v) is 6.35. The number of non-ortho nitro benzene ring substituents is 1. The Kier molecular flexibility index (Phi) is 4.18. The van der Waals surface area contributed by atoms with E-state index in [-0.39, 0.29) is 12.3 Å². The molecule has 0 saturated heterocycles. The van der Waals surface area contributed by atoms with E-state index in [4.69, 9.17) is 21.1 Å². The highest BCUT2D eigenvalue weighted by molar-refractivity contribution is 7.15. The van der Waals surface area contributed by atoms with Gasteiger partial charge in [0.1, 0.15) is 6.61 Å². The van der Waals surface area contributed by atoms with Gasteiger partial charge in [0.25, 0.3) is 5.69 Å². The molecule has 0 aliphatic rings. The third kappa shape index (κ3) is 3.33. The molecule has 0 atom stereocenters. The topological polar surface area (TPSA) is 74.5 Å². The van der Waals surface area contributed by atoms with Crippen molar-refractivity contribution in [1.82, 2.24) is 4.98 Å². The lowest BCUT2D eigenvalue weighted by Gasteiger charge is -2.09. The smallest absolute Gasteiger partial charge is 0.273 e. The molecule has 19 heavy (non-hydrogen) atoms. The predicted octanol–water partition coefficient (Wildman–Crippen LogP) is 3.29. The molecule has 0 fully saturated rings. The molecule has 1 aromatic heterocycles. The van der Waals surface area contributed by atoms with E-state index in [0.29, 0.717) is 16.0 Å². The summed E-state index contributed by atoms with van der Waals surface area (Å²) in [6, 6.07) is 4.17. The third-order valence-electron chi connectivity index (χ3n) is 2.25. The van der Waals surface area contributed by atoms with E-state index in [9.17, 15) is 10.1 Å². The van der Waals surface area contributed by atoms with Crippen molar-refractivity contribution in [3.8, 4) is 11.5 Å². The lowest BCUT2D eigenvalue weighted by molar-refractivity contribution is -0.385. The fourth-order valence-corrected chi connectivity index (χ4v) is 2.28. The first kappa shape index (κ1) is 13.6. The quantitative estimate of drug-likeness (QED) is 0.625. The second-order valence-corrected chi connectivity index (χ2v) is 5.16. The van der Waals surface area contributed by atoms with Gasteiger partial charge in [0.05, 0.1) is 23.0 Å². The molecule has 2 aromatic rings. The number of nitrogens with zero attached hydrogens (tertiary/aromatic N) is 2. The van der Waals surface area contributed by atoms with Crippen LogP contribution in [0.25, 0.3) is 0 Å². The minimum absolute atomic E-state index is 0.0573. The van der Waals surface area contributed by atoms with Crippen LogP contribution in [0.3, 0.4) is 0 Å². The Hall–Kier alpha value is -1.86. The van der Waals surface area contributed by atoms with E-state index < -0.39 is 4.92 Å². The van der Waals surface area contributed by atoms with Crippen LogP contribution in [-0.2, 0) is 6.61 Å². The predicted molar refractivity (Wildman–Crippen MR) is 71.1 cm³/mol. The number of aromatic nitrogens is 1. The van der Waals surface area contributed by atoms with Crippen molar-refractivity contribution in [2.45, 2.75) is 6.61 Å². The molecule has 0 radical (unpaired) electrons. The number of nitro benzene ring substituents is 1. The standard InChI is InChI=1S/C11H9ClN2O4S/c1-17-9-3-2-7(14(15)16)4-10(9)18-6-8-5-13-11(12)19-8/h2-5H,6H2,1H3. The number of thiazole rings is 1.